The van der Waals surface area contributed by atoms with E-state index >= 15 is 0 Å². The first-order valence-electron chi connectivity index (χ1n) is 39.8. The average Bonchev–Trinajstić information content (AvgIpc) is 0.726. The van der Waals surface area contributed by atoms with Crippen LogP contribution in [-0.4, -0.2) is 0 Å². The Balaban J connectivity index is 0.000000145. The number of nitrogens with zero attached hydrogens (tertiary/aromatic N) is 4. The second-order valence-corrected chi connectivity index (χ2v) is 29.9. The molecule has 22 aromatic carbocycles. The third kappa shape index (κ3) is 12.7. The van der Waals surface area contributed by atoms with E-state index in [0.29, 0.717) is 0 Å². The summed E-state index contributed by atoms with van der Waals surface area (Å²) in [5.74, 6) is 0. The van der Waals surface area contributed by atoms with Gasteiger partial charge in [0, 0.05) is 68.2 Å². The van der Waals surface area contributed by atoms with E-state index in [2.05, 4.69) is 481 Å². The largest absolute Gasteiger partial charge is 0.310 e. The van der Waals surface area contributed by atoms with Gasteiger partial charge in [-0.25, -0.2) is 0 Å². The van der Waals surface area contributed by atoms with Crippen LogP contribution in [-0.2, 0) is 0 Å². The van der Waals surface area contributed by atoms with Crippen molar-refractivity contribution in [3.05, 3.63) is 461 Å². The maximum absolute atomic E-state index is 2.38. The lowest BCUT2D eigenvalue weighted by molar-refractivity contribution is 1.29. The summed E-state index contributed by atoms with van der Waals surface area (Å²) in [6, 6.07) is 167. The van der Waals surface area contributed by atoms with E-state index in [1.54, 1.807) is 0 Å². The van der Waals surface area contributed by atoms with E-state index in [-0.39, 0.29) is 0 Å². The molecule has 0 aliphatic rings. The van der Waals surface area contributed by atoms with Gasteiger partial charge in [-0.15, -0.1) is 0 Å². The summed E-state index contributed by atoms with van der Waals surface area (Å²) in [4.78, 5) is 9.46. The van der Waals surface area contributed by atoms with E-state index < -0.39 is 0 Å². The SMILES string of the molecule is c1ccc(-c2ccc(N(c3ccccc3)c3ccc4c(ccc5c6ccc(N(c7ccccc7)c7ccc(-c8ccccc8)cc7)cc6c6ccccc6c45)c3)cc2)cc1.c1ccc(N(c2ccc3ccccc3c2)c2ccc3c(ccc4c5ccc(N(c6ccccc6)c6ccc7ccccc7c6)cc5c5ccccc5c34)c2)cc1. The minimum absolute atomic E-state index is 1.11. The summed E-state index contributed by atoms with van der Waals surface area (Å²) in [5, 5.41) is 24.9. The van der Waals surface area contributed by atoms with Gasteiger partial charge in [0.05, 0.1) is 0 Å². The highest BCUT2D eigenvalue weighted by Gasteiger charge is 2.23. The van der Waals surface area contributed by atoms with Gasteiger partial charge in [0.1, 0.15) is 0 Å². The van der Waals surface area contributed by atoms with Crippen molar-refractivity contribution in [2.75, 3.05) is 19.6 Å². The molecule has 22 aromatic rings. The van der Waals surface area contributed by atoms with Crippen LogP contribution < -0.4 is 19.6 Å². The van der Waals surface area contributed by atoms with Gasteiger partial charge in [0.2, 0.25) is 0 Å². The maximum Gasteiger partial charge on any atom is 0.0468 e. The van der Waals surface area contributed by atoms with Crippen LogP contribution in [0, 0.1) is 0 Å². The molecule has 0 saturated heterocycles. The molecule has 116 heavy (non-hydrogen) atoms. The Morgan fingerprint density at radius 3 is 0.664 bits per heavy atom. The van der Waals surface area contributed by atoms with Gasteiger partial charge in [-0.1, -0.05) is 315 Å². The predicted molar refractivity (Wildman–Crippen MR) is 498 cm³/mol. The zero-order valence-corrected chi connectivity index (χ0v) is 63.7. The molecule has 0 bridgehead atoms. The van der Waals surface area contributed by atoms with Crippen molar-refractivity contribution in [3.63, 3.8) is 0 Å². The van der Waals surface area contributed by atoms with Crippen LogP contribution in [0.5, 0.6) is 0 Å². The third-order valence-corrected chi connectivity index (χ3v) is 23.1. The predicted octanol–water partition coefficient (Wildman–Crippen LogP) is 32.1. The second-order valence-electron chi connectivity index (χ2n) is 29.9. The second kappa shape index (κ2) is 29.7. The first-order valence-corrected chi connectivity index (χ1v) is 39.8. The summed E-state index contributed by atoms with van der Waals surface area (Å²) in [6.07, 6.45) is 0. The third-order valence-electron chi connectivity index (χ3n) is 23.1. The first kappa shape index (κ1) is 68.7. The van der Waals surface area contributed by atoms with Crippen molar-refractivity contribution < 1.29 is 0 Å². The lowest BCUT2D eigenvalue weighted by Crippen LogP contribution is -2.10. The summed E-state index contributed by atoms with van der Waals surface area (Å²) in [5.41, 5.74) is 18.3. The monoisotopic (exact) mass is 1480 g/mol. The number of para-hydroxylation sites is 4. The highest BCUT2D eigenvalue weighted by molar-refractivity contribution is 6.33. The molecular formula is C112H76N4. The Morgan fingerprint density at radius 2 is 0.310 bits per heavy atom. The normalized spacial score (nSPS) is 11.4. The van der Waals surface area contributed by atoms with Crippen LogP contribution in [0.2, 0.25) is 0 Å². The van der Waals surface area contributed by atoms with Gasteiger partial charge < -0.3 is 19.6 Å². The standard InChI is InChI=1S/C58H40N2.C54H36N2/c1-5-15-41(16-6-1)43-25-30-48(31-26-43)59(46-19-9-3-10-20-46)50-34-37-52-45(39-50)29-36-56-54-38-35-51(40-57(54)53-23-13-14-24-55(53)58(52)56)60(47-21-11-4-12-22-47)49-32-27-44(28-33-49)42-17-7-2-8-18-42;1-3-17-42(18-4-1)55(44-26-23-37-13-7-9-15-39(37)33-44)46-28-31-48-41(35-46)25-30-52-50-32-29-47(36-53(50)49-21-11-12-22-51(49)54(48)52)56(43-19-5-2-6-20-43)45-27-24-38-14-8-10-16-40(38)34-45/h1-40H;1-36H. The number of benzene rings is 22. The molecule has 544 valence electrons. The quantitative estimate of drug-likeness (QED) is 0.101. The molecule has 4 heteroatoms. The molecule has 22 rings (SSSR count). The molecule has 0 spiro atoms. The smallest absolute Gasteiger partial charge is 0.0468 e. The fourth-order valence-electron chi connectivity index (χ4n) is 17.7. The Morgan fingerprint density at radius 1 is 0.103 bits per heavy atom. The Bertz CT molecular complexity index is 7380. The minimum Gasteiger partial charge on any atom is -0.310 e. The van der Waals surface area contributed by atoms with E-state index in [1.165, 1.54) is 130 Å². The van der Waals surface area contributed by atoms with Gasteiger partial charge >= 0.3 is 0 Å². The number of fused-ring (bicyclic) bond motifs is 18. The topological polar surface area (TPSA) is 13.0 Å². The number of rotatable bonds is 14. The van der Waals surface area contributed by atoms with E-state index in [9.17, 15) is 0 Å². The van der Waals surface area contributed by atoms with Gasteiger partial charge in [0.25, 0.3) is 0 Å². The number of anilines is 12. The van der Waals surface area contributed by atoms with Crippen LogP contribution in [0.4, 0.5) is 68.2 Å². The van der Waals surface area contributed by atoms with Crippen LogP contribution in [0.15, 0.2) is 461 Å². The number of hydrogen-bond acceptors (Lipinski definition) is 4. The molecule has 0 aliphatic heterocycles. The molecule has 0 radical (unpaired) electrons. The first-order chi connectivity index (χ1) is 57.5. The highest BCUT2D eigenvalue weighted by atomic mass is 15.2. The molecule has 4 nitrogen and oxygen atoms in total. The molecule has 0 N–H and O–H groups in total. The zero-order chi connectivity index (χ0) is 76.8. The van der Waals surface area contributed by atoms with Gasteiger partial charge in [-0.3, -0.25) is 0 Å². The van der Waals surface area contributed by atoms with Crippen molar-refractivity contribution in [3.8, 4) is 22.3 Å². The van der Waals surface area contributed by atoms with Gasteiger partial charge in [-0.2, -0.15) is 0 Å². The molecular weight excluding hydrogens is 1400 g/mol. The van der Waals surface area contributed by atoms with E-state index in [0.717, 1.165) is 68.2 Å². The van der Waals surface area contributed by atoms with Crippen molar-refractivity contribution in [1.82, 2.24) is 0 Å². The Labute approximate surface area is 674 Å². The molecule has 0 unspecified atom stereocenters. The average molecular weight is 1480 g/mol. The fourth-order valence-corrected chi connectivity index (χ4v) is 17.7. The van der Waals surface area contributed by atoms with Crippen LogP contribution in [0.1, 0.15) is 0 Å². The minimum atomic E-state index is 1.11. The molecule has 0 amide bonds. The maximum atomic E-state index is 2.38. The summed E-state index contributed by atoms with van der Waals surface area (Å²) in [7, 11) is 0. The molecule has 0 heterocycles. The lowest BCUT2D eigenvalue weighted by atomic mass is 9.90. The Hall–Kier alpha value is -15.4. The Kier molecular flexibility index (Phi) is 17.6. The molecule has 0 aromatic heterocycles. The van der Waals surface area contributed by atoms with Gasteiger partial charge in [0.15, 0.2) is 0 Å². The van der Waals surface area contributed by atoms with Crippen LogP contribution in [0.25, 0.3) is 130 Å². The summed E-state index contributed by atoms with van der Waals surface area (Å²) >= 11 is 0. The molecule has 0 saturated carbocycles. The molecule has 0 aliphatic carbocycles. The zero-order valence-electron chi connectivity index (χ0n) is 63.7. The van der Waals surface area contributed by atoms with Gasteiger partial charge in [-0.05, 0) is 276 Å². The summed E-state index contributed by atoms with van der Waals surface area (Å²) in [6.45, 7) is 0. The molecule has 0 fully saturated rings. The van der Waals surface area contributed by atoms with Crippen molar-refractivity contribution in [2.45, 2.75) is 0 Å². The fraction of sp³-hybridized carbons (Fsp3) is 0. The van der Waals surface area contributed by atoms with E-state index in [1.807, 2.05) is 0 Å². The highest BCUT2D eigenvalue weighted by Crippen LogP contribution is 2.49. The van der Waals surface area contributed by atoms with Crippen molar-refractivity contribution in [1.29, 1.82) is 0 Å². The molecule has 0 atom stereocenters. The van der Waals surface area contributed by atoms with E-state index in [4.69, 9.17) is 0 Å². The summed E-state index contributed by atoms with van der Waals surface area (Å²) < 4.78 is 0. The van der Waals surface area contributed by atoms with Crippen LogP contribution in [0.3, 0.4) is 0 Å². The number of hydrogen-bond donors (Lipinski definition) is 0. The lowest BCUT2D eigenvalue weighted by Gasteiger charge is -2.27. The van der Waals surface area contributed by atoms with Crippen molar-refractivity contribution >= 4 is 176 Å². The van der Waals surface area contributed by atoms with Crippen molar-refractivity contribution in [2.24, 2.45) is 0 Å². The van der Waals surface area contributed by atoms with Crippen LogP contribution >= 0.6 is 0 Å².